The summed E-state index contributed by atoms with van der Waals surface area (Å²) >= 11 is 0. The highest BCUT2D eigenvalue weighted by Gasteiger charge is 2.07. The van der Waals surface area contributed by atoms with Crippen LogP contribution < -0.4 is 26.9 Å². The molecule has 0 aromatic carbocycles. The molecule has 188 valence electrons. The summed E-state index contributed by atoms with van der Waals surface area (Å²) in [5, 5.41) is 2.72. The number of aryl methyl sites for hydroxylation is 1. The molecule has 1 rings (SSSR count). The average molecular weight is 528 g/mol. The monoisotopic (exact) mass is 526 g/mol. The van der Waals surface area contributed by atoms with E-state index < -0.39 is 12.1 Å². The van der Waals surface area contributed by atoms with E-state index in [9.17, 15) is 9.59 Å². The van der Waals surface area contributed by atoms with Crippen LogP contribution in [0.2, 0.25) is 0 Å². The number of amides is 1. The van der Waals surface area contributed by atoms with Crippen molar-refractivity contribution in [2.45, 2.75) is 91.0 Å². The zero-order valence-electron chi connectivity index (χ0n) is 20.6. The summed E-state index contributed by atoms with van der Waals surface area (Å²) in [6, 6.07) is 4.12. The lowest BCUT2D eigenvalue weighted by Crippen LogP contribution is -3.00. The first-order valence-corrected chi connectivity index (χ1v) is 12.2. The van der Waals surface area contributed by atoms with Crippen molar-refractivity contribution in [1.29, 1.82) is 0 Å². The van der Waals surface area contributed by atoms with E-state index in [2.05, 4.69) is 47.9 Å². The van der Waals surface area contributed by atoms with Gasteiger partial charge in [-0.2, -0.15) is 0 Å². The molecule has 1 aromatic rings. The van der Waals surface area contributed by atoms with Crippen molar-refractivity contribution in [3.05, 3.63) is 42.2 Å². The normalized spacial score (nSPS) is 10.2. The van der Waals surface area contributed by atoms with Crippen LogP contribution in [0.25, 0.3) is 0 Å². The minimum absolute atomic E-state index is 0. The predicted molar refractivity (Wildman–Crippen MR) is 127 cm³/mol. The van der Waals surface area contributed by atoms with Gasteiger partial charge in [-0.05, 0) is 25.8 Å². The van der Waals surface area contributed by atoms with Gasteiger partial charge in [-0.1, -0.05) is 64.9 Å². The number of carbonyl (C=O) groups is 2. The Morgan fingerprint density at radius 1 is 0.970 bits per heavy atom. The van der Waals surface area contributed by atoms with Gasteiger partial charge in [0.2, 0.25) is 0 Å². The number of aromatic nitrogens is 1. The number of hydrogen-bond donors (Lipinski definition) is 1. The molecule has 0 atom stereocenters. The van der Waals surface area contributed by atoms with Gasteiger partial charge in [-0.15, -0.1) is 0 Å². The Balaban J connectivity index is 0.0000102. The summed E-state index contributed by atoms with van der Waals surface area (Å²) in [4.78, 5) is 22.9. The van der Waals surface area contributed by atoms with E-state index in [1.165, 1.54) is 69.8 Å². The lowest BCUT2D eigenvalue weighted by molar-refractivity contribution is -0.697. The number of carbonyl (C=O) groups excluding carboxylic acids is 2. The van der Waals surface area contributed by atoms with Crippen LogP contribution in [0.3, 0.4) is 0 Å². The highest BCUT2D eigenvalue weighted by Crippen LogP contribution is 2.10. The van der Waals surface area contributed by atoms with Crippen LogP contribution in [0.4, 0.5) is 4.79 Å². The van der Waals surface area contributed by atoms with Crippen molar-refractivity contribution >= 4 is 12.1 Å². The number of ether oxygens (including phenoxy) is 2. The van der Waals surface area contributed by atoms with E-state index in [0.717, 1.165) is 13.0 Å². The Kier molecular flexibility index (Phi) is 19.5. The fourth-order valence-electron chi connectivity index (χ4n) is 3.40. The summed E-state index contributed by atoms with van der Waals surface area (Å²) in [6.07, 6.45) is 17.9. The second kappa shape index (κ2) is 20.7. The van der Waals surface area contributed by atoms with Crippen LogP contribution in [-0.2, 0) is 27.2 Å². The number of halogens is 1. The maximum absolute atomic E-state index is 11.7. The van der Waals surface area contributed by atoms with Crippen LogP contribution in [-0.4, -0.2) is 31.8 Å². The first-order valence-electron chi connectivity index (χ1n) is 12.2. The molecular formula is C26H43BrN2O4. The van der Waals surface area contributed by atoms with Gasteiger partial charge < -0.3 is 31.8 Å². The van der Waals surface area contributed by atoms with Gasteiger partial charge in [0.25, 0.3) is 0 Å². The van der Waals surface area contributed by atoms with Crippen LogP contribution in [0, 0.1) is 0 Å². The molecule has 1 amide bonds. The highest BCUT2D eigenvalue weighted by molar-refractivity contribution is 5.86. The van der Waals surface area contributed by atoms with Crippen LogP contribution in [0.15, 0.2) is 36.7 Å². The standard InChI is InChI=1S/C26H42N2O4.BrH/c1-4-5-6-7-8-9-10-11-12-13-18-28-19-14-15-24(22-28)16-17-27-26(30)32-21-20-31-25(29)23(2)3;/h14-15,19,22H,2,4-13,16-18,20-21H2,1,3H3;1H. The van der Waals surface area contributed by atoms with Gasteiger partial charge >= 0.3 is 12.1 Å². The SMILES string of the molecule is C=C(C)C(=O)OCCOC(=O)NCCc1ccc[n+](CCCCCCCCCCCC)c1.[Br-]. The van der Waals surface area contributed by atoms with Crippen LogP contribution in [0.5, 0.6) is 0 Å². The zero-order chi connectivity index (χ0) is 23.4. The smallest absolute Gasteiger partial charge is 0.407 e. The fourth-order valence-corrected chi connectivity index (χ4v) is 3.40. The molecule has 0 aliphatic heterocycles. The third-order valence-corrected chi connectivity index (χ3v) is 5.27. The minimum Gasteiger partial charge on any atom is -1.00 e. The molecule has 7 heteroatoms. The summed E-state index contributed by atoms with van der Waals surface area (Å²) in [7, 11) is 0. The molecule has 1 N–H and O–H groups in total. The van der Waals surface area contributed by atoms with Crippen molar-refractivity contribution in [3.63, 3.8) is 0 Å². The number of rotatable bonds is 18. The molecule has 0 aliphatic rings. The van der Waals surface area contributed by atoms with E-state index >= 15 is 0 Å². The van der Waals surface area contributed by atoms with Crippen molar-refractivity contribution in [3.8, 4) is 0 Å². The molecule has 0 spiro atoms. The summed E-state index contributed by atoms with van der Waals surface area (Å²) < 4.78 is 12.1. The third kappa shape index (κ3) is 17.3. The van der Waals surface area contributed by atoms with E-state index in [-0.39, 0.29) is 30.2 Å². The largest absolute Gasteiger partial charge is 1.00 e. The molecule has 0 bridgehead atoms. The molecule has 1 heterocycles. The highest BCUT2D eigenvalue weighted by atomic mass is 79.9. The van der Waals surface area contributed by atoms with Gasteiger partial charge in [-0.3, -0.25) is 0 Å². The van der Waals surface area contributed by atoms with Crippen LogP contribution in [0.1, 0.15) is 83.6 Å². The van der Waals surface area contributed by atoms with Crippen LogP contribution >= 0.6 is 0 Å². The first kappa shape index (κ1) is 31.1. The second-order valence-corrected chi connectivity index (χ2v) is 8.36. The second-order valence-electron chi connectivity index (χ2n) is 8.36. The molecule has 1 aromatic heterocycles. The van der Waals surface area contributed by atoms with Gasteiger partial charge in [0.05, 0.1) is 0 Å². The fraction of sp³-hybridized carbons (Fsp3) is 0.654. The predicted octanol–water partition coefficient (Wildman–Crippen LogP) is 2.29. The summed E-state index contributed by atoms with van der Waals surface area (Å²) in [6.45, 7) is 8.89. The van der Waals surface area contributed by atoms with Crippen molar-refractivity contribution in [1.82, 2.24) is 5.32 Å². The molecule has 33 heavy (non-hydrogen) atoms. The number of nitrogens with one attached hydrogen (secondary N) is 1. The van der Waals surface area contributed by atoms with Gasteiger partial charge in [0, 0.05) is 30.2 Å². The number of alkyl carbamates (subject to hydrolysis) is 1. The molecule has 0 radical (unpaired) electrons. The van der Waals surface area contributed by atoms with E-state index in [4.69, 9.17) is 9.47 Å². The Bertz CT molecular complexity index is 682. The Morgan fingerprint density at radius 2 is 1.58 bits per heavy atom. The quantitative estimate of drug-likeness (QED) is 0.138. The lowest BCUT2D eigenvalue weighted by Gasteiger charge is -2.07. The Labute approximate surface area is 210 Å². The third-order valence-electron chi connectivity index (χ3n) is 5.27. The van der Waals surface area contributed by atoms with Crippen molar-refractivity contribution < 1.29 is 40.6 Å². The molecule has 6 nitrogen and oxygen atoms in total. The topological polar surface area (TPSA) is 68.5 Å². The molecule has 0 fully saturated rings. The molecule has 0 unspecified atom stereocenters. The summed E-state index contributed by atoms with van der Waals surface area (Å²) in [5.41, 5.74) is 1.50. The maximum Gasteiger partial charge on any atom is 0.407 e. The Hall–Kier alpha value is -1.89. The van der Waals surface area contributed by atoms with Gasteiger partial charge in [0.15, 0.2) is 12.4 Å². The van der Waals surface area contributed by atoms with Gasteiger partial charge in [0.1, 0.15) is 19.8 Å². The first-order chi connectivity index (χ1) is 15.5. The van der Waals surface area contributed by atoms with Gasteiger partial charge in [-0.25, -0.2) is 14.2 Å². The minimum atomic E-state index is -0.509. The van der Waals surface area contributed by atoms with Crippen molar-refractivity contribution in [2.75, 3.05) is 19.8 Å². The maximum atomic E-state index is 11.7. The van der Waals surface area contributed by atoms with E-state index in [0.29, 0.717) is 12.1 Å². The average Bonchev–Trinajstić information content (AvgIpc) is 2.78. The zero-order valence-corrected chi connectivity index (χ0v) is 22.2. The number of hydrogen-bond acceptors (Lipinski definition) is 4. The summed E-state index contributed by atoms with van der Waals surface area (Å²) in [5.74, 6) is -0.482. The number of unbranched alkanes of at least 4 members (excludes halogenated alkanes) is 9. The molecule has 0 aliphatic carbocycles. The lowest BCUT2D eigenvalue weighted by atomic mass is 10.1. The van der Waals surface area contributed by atoms with E-state index in [1.807, 2.05) is 0 Å². The number of nitrogens with zero attached hydrogens (tertiary/aromatic N) is 1. The number of esters is 1. The molecular weight excluding hydrogens is 484 g/mol. The Morgan fingerprint density at radius 3 is 2.21 bits per heavy atom. The number of pyridine rings is 1. The van der Waals surface area contributed by atoms with Crippen molar-refractivity contribution in [2.24, 2.45) is 0 Å². The van der Waals surface area contributed by atoms with E-state index in [1.54, 1.807) is 6.92 Å². The molecule has 0 saturated heterocycles. The molecule has 0 saturated carbocycles.